The Morgan fingerprint density at radius 2 is 1.92 bits per heavy atom. The average molecular weight is 398 g/mol. The van der Waals surface area contributed by atoms with Crippen molar-refractivity contribution in [2.75, 3.05) is 6.79 Å². The first-order valence-corrected chi connectivity index (χ1v) is 8.81. The van der Waals surface area contributed by atoms with E-state index in [2.05, 4.69) is 33.4 Å². The molecule has 1 amide bonds. The number of ether oxygens (including phenoxy) is 2. The van der Waals surface area contributed by atoms with E-state index in [-0.39, 0.29) is 12.7 Å². The number of hydrogen-bond donors (Lipinski definition) is 1. The molecule has 1 heterocycles. The number of hydrogen-bond acceptors (Lipinski definition) is 3. The SMILES string of the molecule is O=C(Cc1cccc2ccccc12)NCc1cc(Br)c2c(c1)OCO2. The number of amides is 1. The number of carbonyl (C=O) groups excluding carboxylic acids is 1. The maximum atomic E-state index is 12.4. The van der Waals surface area contributed by atoms with Crippen LogP contribution in [-0.4, -0.2) is 12.7 Å². The van der Waals surface area contributed by atoms with Crippen LogP contribution in [0.5, 0.6) is 11.5 Å². The summed E-state index contributed by atoms with van der Waals surface area (Å²) >= 11 is 3.47. The van der Waals surface area contributed by atoms with Gasteiger partial charge in [-0.15, -0.1) is 0 Å². The minimum Gasteiger partial charge on any atom is -0.454 e. The fourth-order valence-electron chi connectivity index (χ4n) is 3.01. The smallest absolute Gasteiger partial charge is 0.231 e. The Morgan fingerprint density at radius 3 is 2.84 bits per heavy atom. The molecule has 0 unspecified atom stereocenters. The van der Waals surface area contributed by atoms with Crippen LogP contribution in [0.3, 0.4) is 0 Å². The Morgan fingerprint density at radius 1 is 1.08 bits per heavy atom. The standard InChI is InChI=1S/C20H16BrNO3/c21-17-8-13(9-18-20(17)25-12-24-18)11-22-19(23)10-15-6-3-5-14-4-1-2-7-16(14)15/h1-9H,10-12H2,(H,22,23). The van der Waals surface area contributed by atoms with E-state index in [9.17, 15) is 4.79 Å². The average Bonchev–Trinajstić information content (AvgIpc) is 3.10. The second-order valence-electron chi connectivity index (χ2n) is 5.90. The van der Waals surface area contributed by atoms with E-state index in [0.29, 0.717) is 24.5 Å². The van der Waals surface area contributed by atoms with Crippen LogP contribution in [0.4, 0.5) is 0 Å². The van der Waals surface area contributed by atoms with Gasteiger partial charge in [-0.05, 0) is 50.0 Å². The summed E-state index contributed by atoms with van der Waals surface area (Å²) in [4.78, 5) is 12.4. The molecule has 0 saturated heterocycles. The van der Waals surface area contributed by atoms with Crippen LogP contribution in [-0.2, 0) is 17.8 Å². The summed E-state index contributed by atoms with van der Waals surface area (Å²) in [5.41, 5.74) is 1.99. The van der Waals surface area contributed by atoms with Gasteiger partial charge >= 0.3 is 0 Å². The van der Waals surface area contributed by atoms with Crippen molar-refractivity contribution >= 4 is 32.6 Å². The fourth-order valence-corrected chi connectivity index (χ4v) is 3.61. The molecular weight excluding hydrogens is 382 g/mol. The van der Waals surface area contributed by atoms with Crippen LogP contribution in [0, 0.1) is 0 Å². The summed E-state index contributed by atoms with van der Waals surface area (Å²) in [5.74, 6) is 1.41. The number of rotatable bonds is 4. The number of carbonyl (C=O) groups is 1. The summed E-state index contributed by atoms with van der Waals surface area (Å²) in [6, 6.07) is 18.0. The Kier molecular flexibility index (Phi) is 4.32. The predicted octanol–water partition coefficient (Wildman–Crippen LogP) is 4.19. The first-order chi connectivity index (χ1) is 12.2. The zero-order chi connectivity index (χ0) is 17.2. The largest absolute Gasteiger partial charge is 0.454 e. The molecule has 0 radical (unpaired) electrons. The fraction of sp³-hybridized carbons (Fsp3) is 0.150. The summed E-state index contributed by atoms with van der Waals surface area (Å²) in [5, 5.41) is 5.24. The lowest BCUT2D eigenvalue weighted by atomic mass is 10.0. The van der Waals surface area contributed by atoms with Gasteiger partial charge < -0.3 is 14.8 Å². The van der Waals surface area contributed by atoms with Crippen molar-refractivity contribution in [2.24, 2.45) is 0 Å². The molecule has 1 N–H and O–H groups in total. The molecule has 5 heteroatoms. The second-order valence-corrected chi connectivity index (χ2v) is 6.76. The number of halogens is 1. The summed E-state index contributed by atoms with van der Waals surface area (Å²) in [6.07, 6.45) is 0.354. The molecule has 0 saturated carbocycles. The van der Waals surface area contributed by atoms with E-state index < -0.39 is 0 Å². The Bertz CT molecular complexity index is 950. The van der Waals surface area contributed by atoms with Crippen molar-refractivity contribution in [1.82, 2.24) is 5.32 Å². The van der Waals surface area contributed by atoms with Gasteiger partial charge in [0, 0.05) is 6.54 Å². The van der Waals surface area contributed by atoms with Crippen LogP contribution in [0.25, 0.3) is 10.8 Å². The van der Waals surface area contributed by atoms with Crippen LogP contribution in [0.1, 0.15) is 11.1 Å². The minimum atomic E-state index is -0.00913. The molecule has 0 aliphatic carbocycles. The molecule has 0 fully saturated rings. The molecule has 3 aromatic carbocycles. The third-order valence-corrected chi connectivity index (χ3v) is 4.80. The molecule has 0 spiro atoms. The summed E-state index contributed by atoms with van der Waals surface area (Å²) in [6.45, 7) is 0.670. The maximum Gasteiger partial charge on any atom is 0.231 e. The Labute approximate surface area is 153 Å². The van der Waals surface area contributed by atoms with E-state index in [1.54, 1.807) is 0 Å². The van der Waals surface area contributed by atoms with Gasteiger partial charge in [0.15, 0.2) is 11.5 Å². The van der Waals surface area contributed by atoms with Gasteiger partial charge in [-0.2, -0.15) is 0 Å². The highest BCUT2D eigenvalue weighted by atomic mass is 79.9. The summed E-state index contributed by atoms with van der Waals surface area (Å²) < 4.78 is 11.6. The zero-order valence-electron chi connectivity index (χ0n) is 13.4. The molecule has 0 atom stereocenters. The van der Waals surface area contributed by atoms with Crippen LogP contribution < -0.4 is 14.8 Å². The first-order valence-electron chi connectivity index (χ1n) is 8.02. The maximum absolute atomic E-state index is 12.4. The van der Waals surface area contributed by atoms with Crippen LogP contribution in [0.2, 0.25) is 0 Å². The second kappa shape index (κ2) is 6.76. The highest BCUT2D eigenvalue weighted by molar-refractivity contribution is 9.10. The third kappa shape index (κ3) is 3.33. The van der Waals surface area contributed by atoms with Crippen molar-refractivity contribution in [1.29, 1.82) is 0 Å². The van der Waals surface area contributed by atoms with Crippen molar-refractivity contribution in [3.8, 4) is 11.5 Å². The lowest BCUT2D eigenvalue weighted by Gasteiger charge is -2.09. The third-order valence-electron chi connectivity index (χ3n) is 4.21. The molecule has 0 aromatic heterocycles. The van der Waals surface area contributed by atoms with Gasteiger partial charge in [-0.3, -0.25) is 4.79 Å². The highest BCUT2D eigenvalue weighted by Crippen LogP contribution is 2.39. The Balaban J connectivity index is 1.45. The topological polar surface area (TPSA) is 47.6 Å². The predicted molar refractivity (Wildman–Crippen MR) is 99.8 cm³/mol. The van der Waals surface area contributed by atoms with Gasteiger partial charge in [0.05, 0.1) is 10.9 Å². The van der Waals surface area contributed by atoms with E-state index in [4.69, 9.17) is 9.47 Å². The zero-order valence-corrected chi connectivity index (χ0v) is 15.0. The number of fused-ring (bicyclic) bond motifs is 2. The minimum absolute atomic E-state index is 0.00913. The summed E-state index contributed by atoms with van der Waals surface area (Å²) in [7, 11) is 0. The van der Waals surface area contributed by atoms with Crippen molar-refractivity contribution in [2.45, 2.75) is 13.0 Å². The van der Waals surface area contributed by atoms with E-state index in [0.717, 1.165) is 26.4 Å². The van der Waals surface area contributed by atoms with Crippen molar-refractivity contribution in [3.05, 3.63) is 70.2 Å². The number of nitrogens with one attached hydrogen (secondary N) is 1. The molecule has 0 bridgehead atoms. The molecule has 1 aliphatic heterocycles. The van der Waals surface area contributed by atoms with Gasteiger partial charge in [0.1, 0.15) is 0 Å². The lowest BCUT2D eigenvalue weighted by molar-refractivity contribution is -0.120. The van der Waals surface area contributed by atoms with Crippen LogP contribution >= 0.6 is 15.9 Å². The Hall–Kier alpha value is -2.53. The van der Waals surface area contributed by atoms with E-state index in [1.807, 2.05) is 42.5 Å². The molecule has 25 heavy (non-hydrogen) atoms. The molecular formula is C20H16BrNO3. The molecule has 4 nitrogen and oxygen atoms in total. The van der Waals surface area contributed by atoms with E-state index in [1.165, 1.54) is 0 Å². The molecule has 1 aliphatic rings. The highest BCUT2D eigenvalue weighted by Gasteiger charge is 2.18. The molecule has 126 valence electrons. The first kappa shape index (κ1) is 16.0. The van der Waals surface area contributed by atoms with Gasteiger partial charge in [0.2, 0.25) is 12.7 Å². The van der Waals surface area contributed by atoms with Crippen molar-refractivity contribution in [3.63, 3.8) is 0 Å². The molecule has 3 aromatic rings. The van der Waals surface area contributed by atoms with Crippen molar-refractivity contribution < 1.29 is 14.3 Å². The monoisotopic (exact) mass is 397 g/mol. The normalized spacial score (nSPS) is 12.4. The van der Waals surface area contributed by atoms with E-state index >= 15 is 0 Å². The number of benzene rings is 3. The van der Waals surface area contributed by atoms with Gasteiger partial charge in [-0.1, -0.05) is 42.5 Å². The van der Waals surface area contributed by atoms with Gasteiger partial charge in [0.25, 0.3) is 0 Å². The quantitative estimate of drug-likeness (QED) is 0.717. The van der Waals surface area contributed by atoms with Gasteiger partial charge in [-0.25, -0.2) is 0 Å². The lowest BCUT2D eigenvalue weighted by Crippen LogP contribution is -2.24. The van der Waals surface area contributed by atoms with Crippen LogP contribution in [0.15, 0.2) is 59.1 Å². The molecule has 4 rings (SSSR count).